The number of carbonyl (C=O) groups excluding carboxylic acids is 1. The highest BCUT2D eigenvalue weighted by atomic mass is 32.2. The lowest BCUT2D eigenvalue weighted by Gasteiger charge is -2.27. The van der Waals surface area contributed by atoms with Crippen LogP contribution < -0.4 is 9.46 Å². The van der Waals surface area contributed by atoms with Crippen molar-refractivity contribution in [1.82, 2.24) is 9.62 Å². The molecule has 1 aliphatic carbocycles. The van der Waals surface area contributed by atoms with Gasteiger partial charge in [-0.05, 0) is 65.6 Å². The summed E-state index contributed by atoms with van der Waals surface area (Å²) in [7, 11) is -3.73. The Morgan fingerprint density at radius 3 is 2.84 bits per heavy atom. The summed E-state index contributed by atoms with van der Waals surface area (Å²) in [6, 6.07) is 6.49. The van der Waals surface area contributed by atoms with Gasteiger partial charge in [-0.1, -0.05) is 6.07 Å². The van der Waals surface area contributed by atoms with Crippen molar-refractivity contribution in [2.24, 2.45) is 0 Å². The summed E-state index contributed by atoms with van der Waals surface area (Å²) < 4.78 is 57.0. The van der Waals surface area contributed by atoms with Crippen molar-refractivity contribution in [1.29, 1.82) is 0 Å². The molecular weight excluding hydrogens is 446 g/mol. The Morgan fingerprint density at radius 1 is 1.19 bits per heavy atom. The minimum Gasteiger partial charge on any atom is -0.435 e. The van der Waals surface area contributed by atoms with E-state index in [2.05, 4.69) is 9.46 Å². The zero-order chi connectivity index (χ0) is 22.0. The number of benzene rings is 1. The van der Waals surface area contributed by atoms with E-state index in [1.807, 2.05) is 11.4 Å². The molecule has 2 heterocycles. The van der Waals surface area contributed by atoms with E-state index in [-0.39, 0.29) is 35.9 Å². The van der Waals surface area contributed by atoms with Gasteiger partial charge in [-0.3, -0.25) is 4.79 Å². The molecule has 1 N–H and O–H groups in total. The summed E-state index contributed by atoms with van der Waals surface area (Å²) >= 11 is 1.70. The molecule has 1 amide bonds. The van der Waals surface area contributed by atoms with Gasteiger partial charge >= 0.3 is 6.61 Å². The molecular formula is C21H22F2N2O4S2. The molecule has 4 rings (SSSR count). The van der Waals surface area contributed by atoms with Crippen LogP contribution in [0.1, 0.15) is 34.4 Å². The van der Waals surface area contributed by atoms with E-state index in [1.165, 1.54) is 28.6 Å². The highest BCUT2D eigenvalue weighted by Gasteiger charge is 2.24. The Hall–Kier alpha value is -2.30. The summed E-state index contributed by atoms with van der Waals surface area (Å²) in [6.45, 7) is -1.65. The molecule has 0 atom stereocenters. The number of aryl methyl sites for hydroxylation is 1. The number of fused-ring (bicyclic) bond motifs is 2. The quantitative estimate of drug-likeness (QED) is 0.675. The topological polar surface area (TPSA) is 75.7 Å². The number of halogens is 2. The van der Waals surface area contributed by atoms with Crippen LogP contribution in [0.25, 0.3) is 6.08 Å². The number of rotatable bonds is 7. The predicted octanol–water partition coefficient (Wildman–Crippen LogP) is 3.53. The number of alkyl halides is 2. The van der Waals surface area contributed by atoms with Crippen LogP contribution in [-0.4, -0.2) is 38.9 Å². The Bertz CT molecular complexity index is 1110. The monoisotopic (exact) mass is 468 g/mol. The van der Waals surface area contributed by atoms with Gasteiger partial charge in [0.25, 0.3) is 0 Å². The van der Waals surface area contributed by atoms with Crippen LogP contribution in [0.4, 0.5) is 8.78 Å². The maximum atomic E-state index is 12.7. The summed E-state index contributed by atoms with van der Waals surface area (Å²) in [4.78, 5) is 15.8. The van der Waals surface area contributed by atoms with Crippen molar-refractivity contribution < 1.29 is 26.7 Å². The number of nitrogens with zero attached hydrogens (tertiary/aromatic N) is 1. The van der Waals surface area contributed by atoms with Crippen molar-refractivity contribution in [3.05, 3.63) is 56.1 Å². The standard InChI is InChI=1S/C21H22F2N2O4S2/c22-21(23)29-17-3-1-15-12-18(4-2-14(15)11-17)31(27,28)24-8-5-20(26)25-9-6-19-16(13-25)7-10-30-19/h1,3,7,10-12,21,24H,2,4-6,8-9,13H2. The molecule has 0 fully saturated rings. The van der Waals surface area contributed by atoms with E-state index in [4.69, 9.17) is 0 Å². The van der Waals surface area contributed by atoms with Crippen LogP contribution in [0.3, 0.4) is 0 Å². The van der Waals surface area contributed by atoms with Crippen molar-refractivity contribution >= 4 is 33.3 Å². The number of carbonyl (C=O) groups is 1. The first-order chi connectivity index (χ1) is 14.8. The molecule has 0 saturated carbocycles. The number of hydrogen-bond acceptors (Lipinski definition) is 5. The molecule has 1 aromatic carbocycles. The Labute approximate surface area is 183 Å². The maximum absolute atomic E-state index is 12.7. The SMILES string of the molecule is O=C(CCNS(=O)(=O)C1=Cc2ccc(OC(F)F)cc2CC1)N1CCc2sccc2C1. The summed E-state index contributed by atoms with van der Waals surface area (Å²) in [5.74, 6) is -0.0218. The highest BCUT2D eigenvalue weighted by molar-refractivity contribution is 7.93. The van der Waals surface area contributed by atoms with Crippen molar-refractivity contribution in [3.8, 4) is 5.75 Å². The molecule has 166 valence electrons. The number of amides is 1. The summed E-state index contributed by atoms with van der Waals surface area (Å²) in [6.07, 6.45) is 3.12. The van der Waals surface area contributed by atoms with E-state index in [0.717, 1.165) is 12.0 Å². The van der Waals surface area contributed by atoms with Gasteiger partial charge < -0.3 is 9.64 Å². The molecule has 1 aromatic heterocycles. The van der Waals surface area contributed by atoms with Crippen LogP contribution in [0.15, 0.2) is 34.6 Å². The second-order valence-electron chi connectivity index (χ2n) is 7.43. The minimum absolute atomic E-state index is 0.0273. The number of allylic oxidation sites excluding steroid dienone is 1. The van der Waals surface area contributed by atoms with Gasteiger partial charge in [0.15, 0.2) is 0 Å². The fourth-order valence-electron chi connectivity index (χ4n) is 3.84. The zero-order valence-corrected chi connectivity index (χ0v) is 18.3. The fourth-order valence-corrected chi connectivity index (χ4v) is 5.93. The van der Waals surface area contributed by atoms with Crippen molar-refractivity contribution in [3.63, 3.8) is 0 Å². The van der Waals surface area contributed by atoms with Crippen LogP contribution in [-0.2, 0) is 34.2 Å². The van der Waals surface area contributed by atoms with Gasteiger partial charge in [0.1, 0.15) is 5.75 Å². The predicted molar refractivity (Wildman–Crippen MR) is 114 cm³/mol. The highest BCUT2D eigenvalue weighted by Crippen LogP contribution is 2.30. The first-order valence-corrected chi connectivity index (χ1v) is 12.3. The van der Waals surface area contributed by atoms with Crippen molar-refractivity contribution in [2.45, 2.75) is 38.8 Å². The van der Waals surface area contributed by atoms with E-state index in [0.29, 0.717) is 25.1 Å². The van der Waals surface area contributed by atoms with E-state index in [1.54, 1.807) is 22.3 Å². The Morgan fingerprint density at radius 2 is 2.03 bits per heavy atom. The molecule has 0 spiro atoms. The van der Waals surface area contributed by atoms with E-state index < -0.39 is 16.6 Å². The molecule has 0 unspecified atom stereocenters. The van der Waals surface area contributed by atoms with E-state index in [9.17, 15) is 22.0 Å². The molecule has 2 aliphatic rings. The number of thiophene rings is 1. The molecule has 0 bridgehead atoms. The minimum atomic E-state index is -3.73. The number of sulfonamides is 1. The average molecular weight is 469 g/mol. The maximum Gasteiger partial charge on any atom is 0.387 e. The van der Waals surface area contributed by atoms with Crippen LogP contribution in [0, 0.1) is 0 Å². The van der Waals surface area contributed by atoms with Gasteiger partial charge in [-0.25, -0.2) is 13.1 Å². The smallest absolute Gasteiger partial charge is 0.387 e. The molecule has 0 radical (unpaired) electrons. The second-order valence-corrected chi connectivity index (χ2v) is 10.3. The Kier molecular flexibility index (Phi) is 6.40. The first kappa shape index (κ1) is 21.9. The molecule has 31 heavy (non-hydrogen) atoms. The zero-order valence-electron chi connectivity index (χ0n) is 16.6. The molecule has 2 aromatic rings. The summed E-state index contributed by atoms with van der Waals surface area (Å²) in [5, 5.41) is 2.02. The normalized spacial score (nSPS) is 16.0. The van der Waals surface area contributed by atoms with E-state index >= 15 is 0 Å². The van der Waals surface area contributed by atoms with Gasteiger partial charge in [0.05, 0.1) is 4.91 Å². The molecule has 0 saturated heterocycles. The molecule has 1 aliphatic heterocycles. The molecule has 6 nitrogen and oxygen atoms in total. The lowest BCUT2D eigenvalue weighted by atomic mass is 9.97. The third-order valence-corrected chi connectivity index (χ3v) is 8.05. The average Bonchev–Trinajstić information content (AvgIpc) is 3.20. The van der Waals surface area contributed by atoms with Crippen LogP contribution in [0.5, 0.6) is 5.75 Å². The van der Waals surface area contributed by atoms with Gasteiger partial charge in [-0.2, -0.15) is 8.78 Å². The second kappa shape index (κ2) is 9.05. The third kappa shape index (κ3) is 5.13. The Balaban J connectivity index is 1.34. The lowest BCUT2D eigenvalue weighted by molar-refractivity contribution is -0.131. The van der Waals surface area contributed by atoms with Gasteiger partial charge in [0.2, 0.25) is 15.9 Å². The number of nitrogens with one attached hydrogen (secondary N) is 1. The van der Waals surface area contributed by atoms with Crippen molar-refractivity contribution in [2.75, 3.05) is 13.1 Å². The summed E-state index contributed by atoms with van der Waals surface area (Å²) in [5.41, 5.74) is 2.58. The number of ether oxygens (including phenoxy) is 1. The van der Waals surface area contributed by atoms with Gasteiger partial charge in [0, 0.05) is 30.9 Å². The van der Waals surface area contributed by atoms with Gasteiger partial charge in [-0.15, -0.1) is 11.3 Å². The largest absolute Gasteiger partial charge is 0.435 e. The number of hydrogen-bond donors (Lipinski definition) is 1. The first-order valence-electron chi connectivity index (χ1n) is 9.93. The molecule has 10 heteroatoms. The third-order valence-electron chi connectivity index (χ3n) is 5.43. The van der Waals surface area contributed by atoms with Crippen LogP contribution in [0.2, 0.25) is 0 Å². The van der Waals surface area contributed by atoms with Crippen LogP contribution >= 0.6 is 11.3 Å². The lowest BCUT2D eigenvalue weighted by Crippen LogP contribution is -2.37. The fraction of sp³-hybridized carbons (Fsp3) is 0.381.